The zero-order chi connectivity index (χ0) is 18.0. The van der Waals surface area contributed by atoms with Gasteiger partial charge < -0.3 is 77.0 Å². The van der Waals surface area contributed by atoms with Crippen LogP contribution in [0.3, 0.4) is 0 Å². The van der Waals surface area contributed by atoms with Crippen molar-refractivity contribution < 1.29 is 77.0 Å². The van der Waals surface area contributed by atoms with Crippen LogP contribution in [0, 0.1) is 0 Å². The van der Waals surface area contributed by atoms with Crippen molar-refractivity contribution >= 4 is 182 Å². The molecule has 24 heavy (non-hydrogen) atoms. The van der Waals surface area contributed by atoms with Gasteiger partial charge in [0, 0.05) is 0 Å². The quantitative estimate of drug-likeness (QED) is 0.162. The van der Waals surface area contributed by atoms with E-state index in [1.807, 2.05) is 0 Å². The van der Waals surface area contributed by atoms with Gasteiger partial charge in [-0.3, -0.25) is 0 Å². The van der Waals surface area contributed by atoms with Crippen molar-refractivity contribution in [1.82, 2.24) is 0 Å². The molecular weight excluding hydrogens is 540 g/mol. The Morgan fingerprint density at radius 3 is 0.375 bits per heavy atom. The van der Waals surface area contributed by atoms with Crippen LogP contribution >= 0.6 is 31.3 Å². The van der Waals surface area contributed by atoms with Crippen LogP contribution in [-0.4, -0.2) is 171 Å². The molecule has 0 aromatic rings. The van der Waals surface area contributed by atoms with Crippen molar-refractivity contribution in [2.75, 3.05) is 0 Å². The molecule has 0 spiro atoms. The molecule has 0 radical (unpaired) electrons. The summed E-state index contributed by atoms with van der Waals surface area (Å²) in [6.07, 6.45) is 0. The Kier molecular flexibility index (Phi) is 53.4. The summed E-state index contributed by atoms with van der Waals surface area (Å²) in [5.74, 6) is 0. The van der Waals surface area contributed by atoms with E-state index in [2.05, 4.69) is 0 Å². The topological polar surface area (TPSA) is 334 Å². The first-order chi connectivity index (χ1) is 8.00. The molecule has 0 rings (SSSR count). The summed E-state index contributed by atoms with van der Waals surface area (Å²) in [5, 5.41) is 0. The van der Waals surface area contributed by atoms with Crippen LogP contribution in [0.2, 0.25) is 0 Å². The molecule has 128 valence electrons. The van der Waals surface area contributed by atoms with Gasteiger partial charge in [0.1, 0.15) is 0 Å². The SMILES string of the molecule is O=P([O-])([O-])O.O=P([O-])([O-])O.O=P([O-])([O-])O.O=P([O-])([O-])O.[Ca+2].[Ca+2].[Ca+2].[Ca+2]. The Morgan fingerprint density at radius 1 is 0.375 bits per heavy atom. The van der Waals surface area contributed by atoms with Crippen LogP contribution < -0.4 is 39.1 Å². The molecule has 0 aliphatic rings. The Bertz CT molecular complexity index is 295. The summed E-state index contributed by atoms with van der Waals surface area (Å²) in [6.45, 7) is 0. The zero-order valence-corrected chi connectivity index (χ0v) is 23.7. The molecule has 0 saturated heterocycles. The maximum Gasteiger partial charge on any atom is 2.00 e. The second kappa shape index (κ2) is 24.7. The monoisotopic (exact) mass is 544 g/mol. The van der Waals surface area contributed by atoms with E-state index in [1.54, 1.807) is 0 Å². The fourth-order valence-electron chi connectivity index (χ4n) is 0. The molecule has 0 aliphatic carbocycles. The summed E-state index contributed by atoms with van der Waals surface area (Å²) in [5.41, 5.74) is 0. The molecule has 0 unspecified atom stereocenters. The number of phosphoric acid groups is 4. The molecule has 0 heterocycles. The standard InChI is InChI=1S/4Ca.4H3O4P/c;;;;4*1-5(2,3)4/h;;;;4*(H3,1,2,3,4)/q4*+2;;;;/p-8. The molecule has 4 N–H and O–H groups in total. The fraction of sp³-hybridized carbons (Fsp3) is 0. The smallest absolute Gasteiger partial charge is 0.790 e. The molecule has 0 atom stereocenters. The van der Waals surface area contributed by atoms with E-state index in [-0.39, 0.29) is 151 Å². The molecule has 0 bridgehead atoms. The van der Waals surface area contributed by atoms with Crippen LogP contribution in [0.1, 0.15) is 0 Å². The molecule has 0 aromatic carbocycles. The van der Waals surface area contributed by atoms with Crippen molar-refractivity contribution in [2.24, 2.45) is 0 Å². The molecule has 0 aliphatic heterocycles. The van der Waals surface area contributed by atoms with E-state index >= 15 is 0 Å². The molecular formula is H4Ca4O16P4. The second-order valence-corrected chi connectivity index (χ2v) is 5.62. The number of hydrogen-bond acceptors (Lipinski definition) is 12. The molecule has 24 heteroatoms. The van der Waals surface area contributed by atoms with Crippen molar-refractivity contribution in [2.45, 2.75) is 0 Å². The van der Waals surface area contributed by atoms with E-state index in [9.17, 15) is 0 Å². The summed E-state index contributed by atoms with van der Waals surface area (Å²) >= 11 is 0. The predicted octanol–water partition coefficient (Wildman–Crippen LogP) is -10.3. The minimum absolute atomic E-state index is 0. The summed E-state index contributed by atoms with van der Waals surface area (Å²) in [7, 11) is -20.6. The van der Waals surface area contributed by atoms with Gasteiger partial charge in [-0.1, -0.05) is 0 Å². The molecule has 0 aromatic heterocycles. The summed E-state index contributed by atoms with van der Waals surface area (Å²) in [6, 6.07) is 0. The molecule has 0 saturated carbocycles. The first-order valence-corrected chi connectivity index (χ1v) is 8.97. The van der Waals surface area contributed by atoms with Crippen LogP contribution in [-0.2, 0) is 18.3 Å². The van der Waals surface area contributed by atoms with E-state index < -0.39 is 31.3 Å². The van der Waals surface area contributed by atoms with Gasteiger partial charge in [0.25, 0.3) is 0 Å². The Balaban J connectivity index is -0.0000000225. The third-order valence-electron chi connectivity index (χ3n) is 0. The van der Waals surface area contributed by atoms with Crippen molar-refractivity contribution in [3.05, 3.63) is 0 Å². The van der Waals surface area contributed by atoms with Gasteiger partial charge in [-0.15, -0.1) is 0 Å². The first-order valence-electron chi connectivity index (χ1n) is 2.99. The van der Waals surface area contributed by atoms with Gasteiger partial charge in [0.15, 0.2) is 0 Å². The van der Waals surface area contributed by atoms with Crippen LogP contribution in [0.5, 0.6) is 0 Å². The van der Waals surface area contributed by atoms with Gasteiger partial charge in [0.2, 0.25) is 0 Å². The van der Waals surface area contributed by atoms with Crippen LogP contribution in [0.15, 0.2) is 0 Å². The Morgan fingerprint density at radius 2 is 0.375 bits per heavy atom. The Labute approximate surface area is 254 Å². The maximum absolute atomic E-state index is 8.66. The van der Waals surface area contributed by atoms with Gasteiger partial charge in [-0.25, -0.2) is 0 Å². The van der Waals surface area contributed by atoms with E-state index in [4.69, 9.17) is 77.0 Å². The van der Waals surface area contributed by atoms with Crippen LogP contribution in [0.4, 0.5) is 0 Å². The van der Waals surface area contributed by atoms with Gasteiger partial charge in [-0.2, -0.15) is 0 Å². The minimum atomic E-state index is -5.14. The largest absolute Gasteiger partial charge is 2.00 e. The molecule has 0 fully saturated rings. The zero-order valence-electron chi connectivity index (χ0n) is 11.3. The normalized spacial score (nSPS) is 9.83. The Hall–Kier alpha value is 5.48. The second-order valence-electron chi connectivity index (χ2n) is 1.87. The van der Waals surface area contributed by atoms with Gasteiger partial charge >= 0.3 is 151 Å². The van der Waals surface area contributed by atoms with Crippen molar-refractivity contribution in [3.63, 3.8) is 0 Å². The molecule has 16 nitrogen and oxygen atoms in total. The average Bonchev–Trinajstić information content (AvgIpc) is 1.62. The predicted molar refractivity (Wildman–Crippen MR) is 62.3 cm³/mol. The van der Waals surface area contributed by atoms with Gasteiger partial charge in [-0.05, 0) is 0 Å². The van der Waals surface area contributed by atoms with Crippen molar-refractivity contribution in [3.8, 4) is 0 Å². The number of rotatable bonds is 0. The van der Waals surface area contributed by atoms with E-state index in [0.29, 0.717) is 0 Å². The minimum Gasteiger partial charge on any atom is -0.790 e. The van der Waals surface area contributed by atoms with E-state index in [1.165, 1.54) is 0 Å². The van der Waals surface area contributed by atoms with E-state index in [0.717, 1.165) is 0 Å². The summed E-state index contributed by atoms with van der Waals surface area (Å²) < 4.78 is 34.6. The maximum atomic E-state index is 8.66. The van der Waals surface area contributed by atoms with Gasteiger partial charge in [0.05, 0.1) is 31.3 Å². The van der Waals surface area contributed by atoms with Crippen LogP contribution in [0.25, 0.3) is 0 Å². The third-order valence-corrected chi connectivity index (χ3v) is 0. The van der Waals surface area contributed by atoms with Crippen molar-refractivity contribution in [1.29, 1.82) is 0 Å². The summed E-state index contributed by atoms with van der Waals surface area (Å²) in [4.78, 5) is 97.1. The average molecular weight is 544 g/mol. The fourth-order valence-corrected chi connectivity index (χ4v) is 0. The third kappa shape index (κ3) is 642. The molecule has 0 amide bonds. The first kappa shape index (κ1) is 51.8. The number of hydrogen-bond donors (Lipinski definition) is 4.